The number of hydrogen-bond donors (Lipinski definition) is 0. The molecule has 0 unspecified atom stereocenters. The van der Waals surface area contributed by atoms with Crippen molar-refractivity contribution in [3.63, 3.8) is 0 Å². The number of amides is 1. The Balaban J connectivity index is 2.12. The van der Waals surface area contributed by atoms with Crippen molar-refractivity contribution in [2.45, 2.75) is 20.3 Å². The quantitative estimate of drug-likeness (QED) is 0.684. The van der Waals surface area contributed by atoms with Gasteiger partial charge in [-0.2, -0.15) is 0 Å². The van der Waals surface area contributed by atoms with Crippen molar-refractivity contribution in [1.82, 2.24) is 9.88 Å². The number of thiazole rings is 1. The molecule has 0 bridgehead atoms. The van der Waals surface area contributed by atoms with E-state index in [4.69, 9.17) is 9.47 Å². The van der Waals surface area contributed by atoms with Crippen LogP contribution in [0, 0.1) is 6.92 Å². The number of benzene rings is 1. The van der Waals surface area contributed by atoms with Gasteiger partial charge in [-0.05, 0) is 44.5 Å². The van der Waals surface area contributed by atoms with Crippen molar-refractivity contribution in [2.24, 2.45) is 0 Å². The molecule has 0 spiro atoms. The first-order valence-electron chi connectivity index (χ1n) is 8.01. The molecule has 6 heteroatoms. The van der Waals surface area contributed by atoms with Gasteiger partial charge in [0.1, 0.15) is 15.6 Å². The van der Waals surface area contributed by atoms with Gasteiger partial charge in [0.15, 0.2) is 0 Å². The molecule has 2 rings (SSSR count). The maximum Gasteiger partial charge on any atom is 0.265 e. The SMILES string of the molecule is CCOc1ccc(-c2nc(C)c(C(=O)N(C)CCCOC)s2)cc1. The molecule has 2 aromatic rings. The number of rotatable bonds is 8. The van der Waals surface area contributed by atoms with Crippen molar-refractivity contribution in [3.05, 3.63) is 34.8 Å². The number of hydrogen-bond acceptors (Lipinski definition) is 5. The summed E-state index contributed by atoms with van der Waals surface area (Å²) in [6.07, 6.45) is 0.822. The second-order valence-corrected chi connectivity index (χ2v) is 6.46. The first kappa shape index (κ1) is 18.4. The number of carbonyl (C=O) groups is 1. The van der Waals surface area contributed by atoms with Crippen LogP contribution in [0.1, 0.15) is 28.7 Å². The van der Waals surface area contributed by atoms with Gasteiger partial charge in [0, 0.05) is 32.9 Å². The van der Waals surface area contributed by atoms with E-state index in [1.807, 2.05) is 45.2 Å². The average molecular weight is 348 g/mol. The maximum atomic E-state index is 12.6. The van der Waals surface area contributed by atoms with E-state index in [-0.39, 0.29) is 5.91 Å². The fraction of sp³-hybridized carbons (Fsp3) is 0.444. The molecule has 0 aliphatic rings. The Hall–Kier alpha value is -1.92. The van der Waals surface area contributed by atoms with Crippen LogP contribution in [-0.4, -0.2) is 49.7 Å². The molecule has 0 radical (unpaired) electrons. The molecular weight excluding hydrogens is 324 g/mol. The number of aromatic nitrogens is 1. The van der Waals surface area contributed by atoms with Gasteiger partial charge in [0.05, 0.1) is 12.3 Å². The monoisotopic (exact) mass is 348 g/mol. The van der Waals surface area contributed by atoms with Crippen molar-refractivity contribution in [3.8, 4) is 16.3 Å². The van der Waals surface area contributed by atoms with Crippen LogP contribution in [0.3, 0.4) is 0 Å². The number of nitrogens with zero attached hydrogens (tertiary/aromatic N) is 2. The van der Waals surface area contributed by atoms with Crippen LogP contribution in [0.5, 0.6) is 5.75 Å². The van der Waals surface area contributed by atoms with E-state index >= 15 is 0 Å². The first-order valence-corrected chi connectivity index (χ1v) is 8.83. The predicted octanol–water partition coefficient (Wildman–Crippen LogP) is 3.63. The molecule has 0 fully saturated rings. The Kier molecular flexibility index (Phi) is 6.75. The standard InChI is InChI=1S/C18H24N2O3S/c1-5-23-15-9-7-14(8-10-15)17-19-13(2)16(24-17)18(21)20(3)11-6-12-22-4/h7-10H,5-6,11-12H2,1-4H3. The third kappa shape index (κ3) is 4.55. The fourth-order valence-corrected chi connectivity index (χ4v) is 3.37. The molecule has 0 atom stereocenters. The molecule has 0 N–H and O–H groups in total. The lowest BCUT2D eigenvalue weighted by molar-refractivity contribution is 0.0783. The molecular formula is C18H24N2O3S. The lowest BCUT2D eigenvalue weighted by Crippen LogP contribution is -2.28. The third-order valence-corrected chi connectivity index (χ3v) is 4.79. The second kappa shape index (κ2) is 8.80. The molecule has 1 heterocycles. The predicted molar refractivity (Wildman–Crippen MR) is 96.9 cm³/mol. The van der Waals surface area contributed by atoms with Crippen molar-refractivity contribution < 1.29 is 14.3 Å². The van der Waals surface area contributed by atoms with Crippen molar-refractivity contribution in [2.75, 3.05) is 33.9 Å². The summed E-state index contributed by atoms with van der Waals surface area (Å²) in [5.41, 5.74) is 1.76. The molecule has 5 nitrogen and oxygen atoms in total. The first-order chi connectivity index (χ1) is 11.6. The van der Waals surface area contributed by atoms with Gasteiger partial charge >= 0.3 is 0 Å². The summed E-state index contributed by atoms with van der Waals surface area (Å²) in [5.74, 6) is 0.849. The molecule has 0 aliphatic heterocycles. The summed E-state index contributed by atoms with van der Waals surface area (Å²) in [7, 11) is 3.48. The molecule has 0 aliphatic carbocycles. The largest absolute Gasteiger partial charge is 0.494 e. The van der Waals surface area contributed by atoms with E-state index in [9.17, 15) is 4.79 Å². The third-order valence-electron chi connectivity index (χ3n) is 3.59. The molecule has 1 amide bonds. The summed E-state index contributed by atoms with van der Waals surface area (Å²) in [6.45, 7) is 5.80. The van der Waals surface area contributed by atoms with Crippen LogP contribution in [0.2, 0.25) is 0 Å². The van der Waals surface area contributed by atoms with Crippen LogP contribution in [-0.2, 0) is 4.74 Å². The highest BCUT2D eigenvalue weighted by Gasteiger charge is 2.19. The highest BCUT2D eigenvalue weighted by atomic mass is 32.1. The van der Waals surface area contributed by atoms with E-state index in [2.05, 4.69) is 4.98 Å². The smallest absolute Gasteiger partial charge is 0.265 e. The van der Waals surface area contributed by atoms with Crippen LogP contribution in [0.15, 0.2) is 24.3 Å². The van der Waals surface area contributed by atoms with Gasteiger partial charge in [0.2, 0.25) is 0 Å². The molecule has 0 saturated heterocycles. The van der Waals surface area contributed by atoms with E-state index in [0.717, 1.165) is 28.4 Å². The van der Waals surface area contributed by atoms with E-state index in [1.165, 1.54) is 11.3 Å². The van der Waals surface area contributed by atoms with Gasteiger partial charge < -0.3 is 14.4 Å². The lowest BCUT2D eigenvalue weighted by Gasteiger charge is -2.15. The normalized spacial score (nSPS) is 10.7. The minimum Gasteiger partial charge on any atom is -0.494 e. The Morgan fingerprint density at radius 2 is 2.00 bits per heavy atom. The van der Waals surface area contributed by atoms with E-state index in [1.54, 1.807) is 12.0 Å². The van der Waals surface area contributed by atoms with Gasteiger partial charge in [-0.15, -0.1) is 11.3 Å². The topological polar surface area (TPSA) is 51.7 Å². The minimum absolute atomic E-state index is 0.0123. The summed E-state index contributed by atoms with van der Waals surface area (Å²) in [6, 6.07) is 7.79. The number of aryl methyl sites for hydroxylation is 1. The van der Waals surface area contributed by atoms with Crippen LogP contribution in [0.4, 0.5) is 0 Å². The van der Waals surface area contributed by atoms with Crippen molar-refractivity contribution in [1.29, 1.82) is 0 Å². The number of ether oxygens (including phenoxy) is 2. The molecule has 1 aromatic heterocycles. The average Bonchev–Trinajstić information content (AvgIpc) is 2.97. The zero-order valence-electron chi connectivity index (χ0n) is 14.7. The zero-order chi connectivity index (χ0) is 17.5. The number of methoxy groups -OCH3 is 1. The molecule has 1 aromatic carbocycles. The second-order valence-electron chi connectivity index (χ2n) is 5.46. The summed E-state index contributed by atoms with van der Waals surface area (Å²) < 4.78 is 10.5. The molecule has 0 saturated carbocycles. The van der Waals surface area contributed by atoms with Gasteiger partial charge in [0.25, 0.3) is 5.91 Å². The lowest BCUT2D eigenvalue weighted by atomic mass is 10.2. The maximum absolute atomic E-state index is 12.6. The Labute approximate surface area is 147 Å². The summed E-state index contributed by atoms with van der Waals surface area (Å²) >= 11 is 1.43. The van der Waals surface area contributed by atoms with Crippen LogP contribution >= 0.6 is 11.3 Å². The van der Waals surface area contributed by atoms with Gasteiger partial charge in [-0.1, -0.05) is 0 Å². The Morgan fingerprint density at radius 1 is 1.29 bits per heavy atom. The van der Waals surface area contributed by atoms with E-state index in [0.29, 0.717) is 24.6 Å². The van der Waals surface area contributed by atoms with Crippen LogP contribution in [0.25, 0.3) is 10.6 Å². The van der Waals surface area contributed by atoms with E-state index < -0.39 is 0 Å². The highest BCUT2D eigenvalue weighted by molar-refractivity contribution is 7.17. The molecule has 24 heavy (non-hydrogen) atoms. The van der Waals surface area contributed by atoms with Crippen LogP contribution < -0.4 is 4.74 Å². The summed E-state index contributed by atoms with van der Waals surface area (Å²) in [4.78, 5) is 19.6. The summed E-state index contributed by atoms with van der Waals surface area (Å²) in [5, 5.41) is 0.851. The van der Waals surface area contributed by atoms with Crippen molar-refractivity contribution >= 4 is 17.2 Å². The zero-order valence-corrected chi connectivity index (χ0v) is 15.5. The number of carbonyl (C=O) groups excluding carboxylic acids is 1. The minimum atomic E-state index is 0.0123. The Bertz CT molecular complexity index is 667. The molecule has 130 valence electrons. The Morgan fingerprint density at radius 3 is 2.62 bits per heavy atom. The highest BCUT2D eigenvalue weighted by Crippen LogP contribution is 2.29. The fourth-order valence-electron chi connectivity index (χ4n) is 2.30. The van der Waals surface area contributed by atoms with Gasteiger partial charge in [-0.25, -0.2) is 4.98 Å². The van der Waals surface area contributed by atoms with Gasteiger partial charge in [-0.3, -0.25) is 4.79 Å².